The maximum atomic E-state index is 12.7. The molecule has 3 aliphatic carbocycles. The number of nitrogens with one attached hydrogen (secondary N) is 1. The minimum absolute atomic E-state index is 0.0454. The van der Waals surface area contributed by atoms with Gasteiger partial charge in [0.2, 0.25) is 0 Å². The van der Waals surface area contributed by atoms with Gasteiger partial charge in [-0.05, 0) is 80.0 Å². The number of halogens is 2. The number of ketones is 1. The van der Waals surface area contributed by atoms with Crippen molar-refractivity contribution in [3.8, 4) is 11.5 Å². The van der Waals surface area contributed by atoms with Crippen molar-refractivity contribution in [1.29, 1.82) is 0 Å². The number of aliphatic hydroxyl groups is 1. The van der Waals surface area contributed by atoms with Crippen LogP contribution in [0.4, 0.5) is 11.4 Å². The van der Waals surface area contributed by atoms with E-state index in [0.29, 0.717) is 45.6 Å². The number of carboxylic acid groups (broad SMARTS) is 1. The van der Waals surface area contributed by atoms with Gasteiger partial charge in [0.1, 0.15) is 0 Å². The standard InChI is InChI=1S/C20H23NO4.C14H11Cl2NO2/c22-13-4-3-12-9-15-20(24)6-5-14(23)18-19(20,16(12)17(13)25-18)7-8-21(15)10-11-1-2-11;15-10-5-3-6-11(16)14(10)17-12-7-2-1-4-9(12)8-13(18)19/h3-4,11,15,18,22,24H,1-2,5-10H2;1-7,17H,8H2,(H,18,19)/t15-,18+,19+,20-;/m1./s1. The van der Waals surface area contributed by atoms with Crippen molar-refractivity contribution >= 4 is 46.3 Å². The number of anilines is 2. The lowest BCUT2D eigenvalue weighted by Gasteiger charge is -2.62. The number of carbonyl (C=O) groups is 2. The van der Waals surface area contributed by atoms with E-state index < -0.39 is 23.1 Å². The fourth-order valence-corrected chi connectivity index (χ4v) is 8.47. The summed E-state index contributed by atoms with van der Waals surface area (Å²) in [6.07, 6.45) is 4.26. The van der Waals surface area contributed by atoms with Gasteiger partial charge in [0.05, 0.1) is 33.2 Å². The second kappa shape index (κ2) is 10.9. The molecule has 5 aliphatic rings. The monoisotopic (exact) mass is 636 g/mol. The largest absolute Gasteiger partial charge is 0.504 e. The van der Waals surface area contributed by atoms with E-state index in [1.165, 1.54) is 12.8 Å². The molecule has 8 nitrogen and oxygen atoms in total. The predicted octanol–water partition coefficient (Wildman–Crippen LogP) is 5.89. The molecule has 2 heterocycles. The SMILES string of the molecule is O=C(O)Cc1ccccc1Nc1c(Cl)cccc1Cl.O=C1CC[C@@]2(O)[C@H]3Cc4ccc(O)c5c4[C@@]2(CCN3CC2CC2)[C@H]1O5. The van der Waals surface area contributed by atoms with E-state index in [4.69, 9.17) is 33.0 Å². The number of carboxylic acids is 1. The zero-order valence-electron chi connectivity index (χ0n) is 24.1. The molecule has 0 aromatic heterocycles. The summed E-state index contributed by atoms with van der Waals surface area (Å²) in [4.78, 5) is 26.0. The Morgan fingerprint density at radius 3 is 2.52 bits per heavy atom. The number of benzene rings is 3. The lowest BCUT2D eigenvalue weighted by atomic mass is 9.49. The van der Waals surface area contributed by atoms with Crippen LogP contribution in [0.15, 0.2) is 54.6 Å². The number of para-hydroxylation sites is 2. The van der Waals surface area contributed by atoms with E-state index in [0.717, 1.165) is 43.0 Å². The van der Waals surface area contributed by atoms with Crippen LogP contribution in [0.25, 0.3) is 0 Å². The summed E-state index contributed by atoms with van der Waals surface area (Å²) < 4.78 is 6.04. The average Bonchev–Trinajstić information content (AvgIpc) is 3.73. The average molecular weight is 638 g/mol. The molecular formula is C34H34Cl2N2O6. The van der Waals surface area contributed by atoms with Crippen LogP contribution >= 0.6 is 23.2 Å². The van der Waals surface area contributed by atoms with Crippen LogP contribution in [0.5, 0.6) is 11.5 Å². The number of aromatic hydroxyl groups is 1. The molecule has 0 unspecified atom stereocenters. The molecular weight excluding hydrogens is 603 g/mol. The molecule has 2 bridgehead atoms. The Hall–Kier alpha value is -3.30. The van der Waals surface area contributed by atoms with Crippen molar-refractivity contribution in [2.45, 2.75) is 68.1 Å². The van der Waals surface area contributed by atoms with Gasteiger partial charge in [0, 0.05) is 30.3 Å². The molecule has 3 fully saturated rings. The Bertz CT molecular complexity index is 1640. The van der Waals surface area contributed by atoms with Gasteiger partial charge in [-0.3, -0.25) is 14.5 Å². The Morgan fingerprint density at radius 1 is 1.05 bits per heavy atom. The van der Waals surface area contributed by atoms with Gasteiger partial charge in [0.15, 0.2) is 23.4 Å². The molecule has 0 radical (unpaired) electrons. The van der Waals surface area contributed by atoms with Crippen molar-refractivity contribution in [2.75, 3.05) is 18.4 Å². The molecule has 1 spiro atoms. The first-order valence-corrected chi connectivity index (χ1v) is 15.9. The molecule has 10 heteroatoms. The van der Waals surface area contributed by atoms with E-state index in [9.17, 15) is 19.8 Å². The zero-order chi connectivity index (χ0) is 30.8. The molecule has 0 amide bonds. The Morgan fingerprint density at radius 2 is 1.80 bits per heavy atom. The van der Waals surface area contributed by atoms with Crippen molar-refractivity contribution < 1.29 is 29.6 Å². The number of hydrogen-bond acceptors (Lipinski definition) is 7. The van der Waals surface area contributed by atoms with Gasteiger partial charge >= 0.3 is 5.97 Å². The first kappa shape index (κ1) is 29.4. The second-order valence-electron chi connectivity index (χ2n) is 12.7. The number of ether oxygens (including phenoxy) is 1. The lowest BCUT2D eigenvalue weighted by molar-refractivity contribution is -0.188. The summed E-state index contributed by atoms with van der Waals surface area (Å²) in [6, 6.07) is 16.0. The van der Waals surface area contributed by atoms with E-state index in [2.05, 4.69) is 10.2 Å². The Labute approximate surface area is 265 Å². The van der Waals surface area contributed by atoms with Gasteiger partial charge in [0.25, 0.3) is 0 Å². The van der Waals surface area contributed by atoms with Crippen molar-refractivity contribution in [2.24, 2.45) is 5.92 Å². The van der Waals surface area contributed by atoms with Gasteiger partial charge < -0.3 is 25.4 Å². The molecule has 44 heavy (non-hydrogen) atoms. The van der Waals surface area contributed by atoms with E-state index in [-0.39, 0.29) is 24.0 Å². The molecule has 2 saturated carbocycles. The summed E-state index contributed by atoms with van der Waals surface area (Å²) in [6.45, 7) is 1.95. The highest BCUT2D eigenvalue weighted by Gasteiger charge is 2.73. The van der Waals surface area contributed by atoms with E-state index >= 15 is 0 Å². The number of phenols is 1. The highest BCUT2D eigenvalue weighted by Crippen LogP contribution is 2.64. The summed E-state index contributed by atoms with van der Waals surface area (Å²) in [5.41, 5.74) is 2.38. The van der Waals surface area contributed by atoms with E-state index in [1.807, 2.05) is 12.1 Å². The normalized spacial score (nSPS) is 27.9. The number of likely N-dealkylation sites (tertiary alicyclic amines) is 1. The van der Waals surface area contributed by atoms with Crippen LogP contribution in [-0.2, 0) is 27.8 Å². The third-order valence-corrected chi connectivity index (χ3v) is 10.8. The van der Waals surface area contributed by atoms with Gasteiger partial charge in [-0.1, -0.05) is 53.5 Å². The number of phenolic OH excluding ortho intramolecular Hbond substituents is 1. The van der Waals surface area contributed by atoms with Crippen LogP contribution in [0.3, 0.4) is 0 Å². The number of nitrogens with zero attached hydrogens (tertiary/aromatic N) is 1. The Kier molecular flexibility index (Phi) is 7.32. The topological polar surface area (TPSA) is 119 Å². The van der Waals surface area contributed by atoms with E-state index in [1.54, 1.807) is 42.5 Å². The number of aliphatic carboxylic acids is 1. The number of hydrogen-bond donors (Lipinski definition) is 4. The summed E-state index contributed by atoms with van der Waals surface area (Å²) in [5.74, 6) is 0.499. The second-order valence-corrected chi connectivity index (χ2v) is 13.5. The minimum Gasteiger partial charge on any atom is -0.504 e. The quantitative estimate of drug-likeness (QED) is 0.264. The smallest absolute Gasteiger partial charge is 0.307 e. The summed E-state index contributed by atoms with van der Waals surface area (Å²) in [7, 11) is 0. The van der Waals surface area contributed by atoms with Crippen molar-refractivity contribution in [3.05, 3.63) is 81.3 Å². The summed E-state index contributed by atoms with van der Waals surface area (Å²) >= 11 is 12.1. The first-order chi connectivity index (χ1) is 21.1. The predicted molar refractivity (Wildman–Crippen MR) is 167 cm³/mol. The maximum absolute atomic E-state index is 12.7. The highest BCUT2D eigenvalue weighted by atomic mass is 35.5. The minimum atomic E-state index is -0.940. The number of carbonyl (C=O) groups excluding carboxylic acids is 1. The van der Waals surface area contributed by atoms with Gasteiger partial charge in [-0.2, -0.15) is 0 Å². The molecule has 4 N–H and O–H groups in total. The van der Waals surface area contributed by atoms with Crippen molar-refractivity contribution in [1.82, 2.24) is 4.90 Å². The van der Waals surface area contributed by atoms with Crippen LogP contribution in [-0.4, -0.2) is 62.8 Å². The fraction of sp³-hybridized carbons (Fsp3) is 0.412. The molecule has 3 aromatic carbocycles. The van der Waals surface area contributed by atoms with Gasteiger partial charge in [-0.25, -0.2) is 0 Å². The van der Waals surface area contributed by atoms with Crippen LogP contribution in [0.1, 0.15) is 48.8 Å². The molecule has 8 rings (SSSR count). The van der Waals surface area contributed by atoms with Crippen LogP contribution in [0.2, 0.25) is 10.0 Å². The molecule has 1 saturated heterocycles. The lowest BCUT2D eigenvalue weighted by Crippen LogP contribution is -2.76. The number of piperidine rings is 1. The molecule has 4 atom stereocenters. The van der Waals surface area contributed by atoms with Crippen molar-refractivity contribution in [3.63, 3.8) is 0 Å². The highest BCUT2D eigenvalue weighted by molar-refractivity contribution is 6.39. The first-order valence-electron chi connectivity index (χ1n) is 15.1. The molecule has 3 aromatic rings. The molecule has 2 aliphatic heterocycles. The zero-order valence-corrected chi connectivity index (χ0v) is 25.6. The third-order valence-electron chi connectivity index (χ3n) is 10.1. The number of Topliss-reactive ketones (excluding diaryl/α,β-unsaturated/α-hetero) is 1. The summed E-state index contributed by atoms with van der Waals surface area (Å²) in [5, 5.41) is 35.2. The third kappa shape index (κ3) is 4.66. The van der Waals surface area contributed by atoms with Crippen LogP contribution in [0, 0.1) is 5.92 Å². The molecule has 230 valence electrons. The number of rotatable bonds is 6. The fourth-order valence-electron chi connectivity index (χ4n) is 7.97. The van der Waals surface area contributed by atoms with Gasteiger partial charge in [-0.15, -0.1) is 0 Å². The maximum Gasteiger partial charge on any atom is 0.307 e. The van der Waals surface area contributed by atoms with Crippen LogP contribution < -0.4 is 10.1 Å². The Balaban J connectivity index is 0.000000149.